The van der Waals surface area contributed by atoms with Crippen LogP contribution in [0.3, 0.4) is 0 Å². The van der Waals surface area contributed by atoms with Crippen molar-refractivity contribution in [3.05, 3.63) is 87.4 Å². The zero-order valence-corrected chi connectivity index (χ0v) is 25.9. The summed E-state index contributed by atoms with van der Waals surface area (Å²) in [4.78, 5) is 29.4. The summed E-state index contributed by atoms with van der Waals surface area (Å²) < 4.78 is 45.3. The summed E-state index contributed by atoms with van der Waals surface area (Å²) >= 11 is 3.38. The molecule has 3 N–H and O–H groups in total. The van der Waals surface area contributed by atoms with Crippen LogP contribution in [0.5, 0.6) is 5.75 Å². The van der Waals surface area contributed by atoms with Gasteiger partial charge in [-0.25, -0.2) is 9.36 Å². The number of carbonyl (C=O) groups is 1. The highest BCUT2D eigenvalue weighted by molar-refractivity contribution is 9.10. The molecule has 1 saturated heterocycles. The molecule has 2 fully saturated rings. The monoisotopic (exact) mass is 676 g/mol. The molecule has 0 amide bonds. The van der Waals surface area contributed by atoms with E-state index in [1.807, 2.05) is 30.3 Å². The van der Waals surface area contributed by atoms with Crippen LogP contribution in [0.2, 0.25) is 0 Å². The summed E-state index contributed by atoms with van der Waals surface area (Å²) in [7, 11) is -4.24. The third kappa shape index (κ3) is 8.98. The van der Waals surface area contributed by atoms with Gasteiger partial charge in [0.2, 0.25) is 0 Å². The molecule has 2 heterocycles. The Morgan fingerprint density at radius 3 is 2.58 bits per heavy atom. The molecule has 43 heavy (non-hydrogen) atoms. The summed E-state index contributed by atoms with van der Waals surface area (Å²) in [6.45, 7) is -0.306. The molecular formula is C29H34BrN4O8P. The number of esters is 1. The van der Waals surface area contributed by atoms with Gasteiger partial charge in [-0.15, -0.1) is 0 Å². The Bertz CT molecular complexity index is 1470. The molecule has 12 nitrogen and oxygen atoms in total. The Balaban J connectivity index is 1.33. The summed E-state index contributed by atoms with van der Waals surface area (Å²) in [5, 5.41) is 2.85. The van der Waals surface area contributed by atoms with Crippen molar-refractivity contribution in [3.8, 4) is 5.75 Å². The molecule has 0 bridgehead atoms. The van der Waals surface area contributed by atoms with Gasteiger partial charge in [-0.2, -0.15) is 10.1 Å². The van der Waals surface area contributed by atoms with E-state index < -0.39 is 38.0 Å². The number of halogens is 1. The molecule has 14 heteroatoms. The van der Waals surface area contributed by atoms with E-state index in [-0.39, 0.29) is 37.3 Å². The maximum Gasteiger partial charge on any atom is 0.459 e. The molecule has 1 aliphatic heterocycles. The van der Waals surface area contributed by atoms with Gasteiger partial charge in [-0.1, -0.05) is 52.7 Å². The van der Waals surface area contributed by atoms with Gasteiger partial charge >= 0.3 is 19.4 Å². The van der Waals surface area contributed by atoms with Gasteiger partial charge in [0.05, 0.1) is 6.61 Å². The smallest absolute Gasteiger partial charge is 0.459 e. The summed E-state index contributed by atoms with van der Waals surface area (Å²) in [5.41, 5.74) is 5.82. The van der Waals surface area contributed by atoms with Crippen molar-refractivity contribution in [1.29, 1.82) is 0 Å². The number of aromatic nitrogens is 2. The number of hydrogen-bond donors (Lipinski definition) is 2. The molecule has 0 radical (unpaired) electrons. The second kappa shape index (κ2) is 14.6. The van der Waals surface area contributed by atoms with Crippen molar-refractivity contribution in [2.75, 3.05) is 18.9 Å². The van der Waals surface area contributed by atoms with E-state index in [0.717, 1.165) is 42.1 Å². The van der Waals surface area contributed by atoms with Crippen molar-refractivity contribution in [3.63, 3.8) is 0 Å². The predicted octanol–water partition coefficient (Wildman–Crippen LogP) is 4.74. The molecular weight excluding hydrogens is 643 g/mol. The maximum atomic E-state index is 14.3. The van der Waals surface area contributed by atoms with Crippen molar-refractivity contribution in [2.45, 2.75) is 63.2 Å². The van der Waals surface area contributed by atoms with Gasteiger partial charge in [0.25, 0.3) is 0 Å². The number of nitrogens with zero attached hydrogens (tertiary/aromatic N) is 2. The first-order chi connectivity index (χ1) is 20.8. The maximum absolute atomic E-state index is 14.3. The number of nitrogen functional groups attached to an aromatic ring is 1. The van der Waals surface area contributed by atoms with E-state index in [0.29, 0.717) is 0 Å². The minimum atomic E-state index is -4.24. The number of nitrogens with one attached hydrogen (secondary N) is 1. The Kier molecular flexibility index (Phi) is 10.7. The van der Waals surface area contributed by atoms with Crippen LogP contribution in [0, 0.1) is 0 Å². The van der Waals surface area contributed by atoms with Gasteiger partial charge in [-0.05, 0) is 68.0 Å². The average Bonchev–Trinajstić information content (AvgIpc) is 3.47. The minimum absolute atomic E-state index is 0.0230. The number of rotatable bonds is 12. The van der Waals surface area contributed by atoms with Crippen molar-refractivity contribution < 1.29 is 32.6 Å². The lowest BCUT2D eigenvalue weighted by molar-refractivity contribution is -0.152. The van der Waals surface area contributed by atoms with Gasteiger partial charge in [0.15, 0.2) is 12.5 Å². The van der Waals surface area contributed by atoms with Gasteiger partial charge in [-0.3, -0.25) is 13.9 Å². The summed E-state index contributed by atoms with van der Waals surface area (Å²) in [6.07, 6.45) is 4.34. The SMILES string of the molecule is Nc1ccn([C@@H]2CO[C@H](COP(=O)(N[C@@H](Cc3ccccc3)C(=O)OC3CCCCC3)Oc3ccc(Br)cc3)O2)c(=O)n1. The van der Waals surface area contributed by atoms with Crippen molar-refractivity contribution in [1.82, 2.24) is 14.6 Å². The van der Waals surface area contributed by atoms with Crippen LogP contribution >= 0.6 is 23.7 Å². The highest BCUT2D eigenvalue weighted by Gasteiger charge is 2.38. The molecule has 2 aliphatic rings. The van der Waals surface area contributed by atoms with Crippen LogP contribution in [0.4, 0.5) is 5.82 Å². The van der Waals surface area contributed by atoms with E-state index in [9.17, 15) is 14.2 Å². The quantitative estimate of drug-likeness (QED) is 0.202. The van der Waals surface area contributed by atoms with Crippen LogP contribution < -0.4 is 21.0 Å². The van der Waals surface area contributed by atoms with E-state index in [1.54, 1.807) is 24.3 Å². The van der Waals surface area contributed by atoms with Crippen molar-refractivity contribution in [2.24, 2.45) is 0 Å². The Morgan fingerprint density at radius 2 is 1.86 bits per heavy atom. The zero-order chi connectivity index (χ0) is 30.2. The highest BCUT2D eigenvalue weighted by atomic mass is 79.9. The second-order valence-corrected chi connectivity index (χ2v) is 12.9. The molecule has 2 aromatic carbocycles. The van der Waals surface area contributed by atoms with E-state index in [4.69, 9.17) is 29.0 Å². The molecule has 1 aliphatic carbocycles. The first-order valence-electron chi connectivity index (χ1n) is 14.1. The Hall–Kier alpha value is -3.06. The van der Waals surface area contributed by atoms with Gasteiger partial charge in [0.1, 0.15) is 30.3 Å². The van der Waals surface area contributed by atoms with Crippen LogP contribution in [0.25, 0.3) is 0 Å². The fourth-order valence-corrected chi connectivity index (χ4v) is 6.60. The third-order valence-electron chi connectivity index (χ3n) is 7.03. The van der Waals surface area contributed by atoms with E-state index >= 15 is 0 Å². The molecule has 3 aromatic rings. The van der Waals surface area contributed by atoms with Crippen LogP contribution in [-0.4, -0.2) is 47.2 Å². The second-order valence-electron chi connectivity index (χ2n) is 10.3. The fourth-order valence-electron chi connectivity index (χ4n) is 4.86. The number of nitrogens with two attached hydrogens (primary N) is 1. The number of anilines is 1. The van der Waals surface area contributed by atoms with E-state index in [2.05, 4.69) is 26.0 Å². The van der Waals surface area contributed by atoms with Crippen molar-refractivity contribution >= 4 is 35.5 Å². The zero-order valence-electron chi connectivity index (χ0n) is 23.4. The molecule has 5 rings (SSSR count). The lowest BCUT2D eigenvalue weighted by Gasteiger charge is -2.28. The Labute approximate surface area is 257 Å². The normalized spacial score (nSPS) is 21.1. The molecule has 1 saturated carbocycles. The first kappa shape index (κ1) is 31.4. The molecule has 1 aromatic heterocycles. The lowest BCUT2D eigenvalue weighted by Crippen LogP contribution is -2.41. The minimum Gasteiger partial charge on any atom is -0.461 e. The van der Waals surface area contributed by atoms with Gasteiger partial charge in [0, 0.05) is 10.7 Å². The number of ether oxygens (including phenoxy) is 3. The first-order valence-corrected chi connectivity index (χ1v) is 16.4. The van der Waals surface area contributed by atoms with E-state index in [1.165, 1.54) is 16.8 Å². The Morgan fingerprint density at radius 1 is 1.12 bits per heavy atom. The van der Waals surface area contributed by atoms with Crippen LogP contribution in [0.15, 0.2) is 76.1 Å². The predicted molar refractivity (Wildman–Crippen MR) is 161 cm³/mol. The number of hydrogen-bond acceptors (Lipinski definition) is 10. The topological polar surface area (TPSA) is 153 Å². The fraction of sp³-hybridized carbons (Fsp3) is 0.414. The molecule has 0 spiro atoms. The van der Waals surface area contributed by atoms with Crippen LogP contribution in [0.1, 0.15) is 43.9 Å². The largest absolute Gasteiger partial charge is 0.461 e. The number of carbonyl (C=O) groups excluding carboxylic acids is 1. The van der Waals surface area contributed by atoms with Crippen LogP contribution in [-0.2, 0) is 34.5 Å². The molecule has 4 atom stereocenters. The lowest BCUT2D eigenvalue weighted by atomic mass is 9.97. The standard InChI is InChI=1S/C29H34BrN4O8P/c30-21-11-13-23(14-12-21)42-43(37,39-19-27-38-18-26(41-27)34-16-15-25(31)32-29(34)36)33-24(17-20-7-3-1-4-8-20)28(35)40-22-9-5-2-6-10-22/h1,3-4,7-8,11-16,22,24,26-27H,2,5-6,9-10,17-19H2,(H,33,37)(H2,31,32,36)/t24-,26-,27-,43?/m0/s1. The molecule has 230 valence electrons. The summed E-state index contributed by atoms with van der Waals surface area (Å²) in [6, 6.07) is 16.5. The summed E-state index contributed by atoms with van der Waals surface area (Å²) in [5.74, 6) is -0.198. The molecule has 1 unspecified atom stereocenters. The van der Waals surface area contributed by atoms with Gasteiger partial charge < -0.3 is 24.5 Å². The average molecular weight is 677 g/mol. The number of benzene rings is 2. The third-order valence-corrected chi connectivity index (χ3v) is 9.13. The highest BCUT2D eigenvalue weighted by Crippen LogP contribution is 2.46.